The molecule has 0 aliphatic rings. The number of alkyl halides is 3. The van der Waals surface area contributed by atoms with Crippen LogP contribution in [0, 0.1) is 0 Å². The minimum atomic E-state index is -4.33. The SMILES string of the molecule is CC(CCC(=O)NN)OCC(F)(F)F. The second kappa shape index (κ2) is 5.82. The van der Waals surface area contributed by atoms with Crippen LogP contribution in [0.5, 0.6) is 0 Å². The molecule has 0 saturated heterocycles. The molecule has 14 heavy (non-hydrogen) atoms. The quantitative estimate of drug-likeness (QED) is 0.402. The molecule has 0 aromatic heterocycles. The van der Waals surface area contributed by atoms with Crippen LogP contribution in [0.25, 0.3) is 0 Å². The van der Waals surface area contributed by atoms with Gasteiger partial charge >= 0.3 is 6.18 Å². The van der Waals surface area contributed by atoms with E-state index in [4.69, 9.17) is 5.84 Å². The van der Waals surface area contributed by atoms with E-state index in [-0.39, 0.29) is 12.8 Å². The molecule has 0 radical (unpaired) electrons. The van der Waals surface area contributed by atoms with Gasteiger partial charge in [0.25, 0.3) is 0 Å². The van der Waals surface area contributed by atoms with E-state index in [1.165, 1.54) is 6.92 Å². The molecule has 0 saturated carbocycles. The van der Waals surface area contributed by atoms with Crippen molar-refractivity contribution in [3.05, 3.63) is 0 Å². The first-order valence-corrected chi connectivity index (χ1v) is 4.03. The van der Waals surface area contributed by atoms with E-state index >= 15 is 0 Å². The lowest BCUT2D eigenvalue weighted by molar-refractivity contribution is -0.184. The highest BCUT2D eigenvalue weighted by molar-refractivity contribution is 5.75. The Morgan fingerprint density at radius 2 is 2.14 bits per heavy atom. The highest BCUT2D eigenvalue weighted by atomic mass is 19.4. The number of hydrogen-bond acceptors (Lipinski definition) is 3. The van der Waals surface area contributed by atoms with E-state index in [0.29, 0.717) is 0 Å². The fourth-order valence-corrected chi connectivity index (χ4v) is 0.727. The molecular weight excluding hydrogens is 201 g/mol. The topological polar surface area (TPSA) is 64.4 Å². The molecule has 1 amide bonds. The van der Waals surface area contributed by atoms with Crippen LogP contribution >= 0.6 is 0 Å². The van der Waals surface area contributed by atoms with E-state index in [1.54, 1.807) is 0 Å². The summed E-state index contributed by atoms with van der Waals surface area (Å²) in [6, 6.07) is 0. The van der Waals surface area contributed by atoms with Crippen molar-refractivity contribution in [2.45, 2.75) is 32.0 Å². The zero-order valence-electron chi connectivity index (χ0n) is 7.73. The number of halogens is 3. The first-order chi connectivity index (χ1) is 6.35. The molecule has 0 aliphatic carbocycles. The van der Waals surface area contributed by atoms with Gasteiger partial charge in [-0.25, -0.2) is 5.84 Å². The fraction of sp³-hybridized carbons (Fsp3) is 0.857. The maximum Gasteiger partial charge on any atom is 0.411 e. The van der Waals surface area contributed by atoms with Crippen molar-refractivity contribution >= 4 is 5.91 Å². The van der Waals surface area contributed by atoms with Crippen LogP contribution in [-0.4, -0.2) is 24.8 Å². The predicted octanol–water partition coefficient (Wildman–Crippen LogP) is 0.724. The van der Waals surface area contributed by atoms with Gasteiger partial charge in [-0.3, -0.25) is 10.2 Å². The molecule has 0 spiro atoms. The minimum Gasteiger partial charge on any atom is -0.369 e. The van der Waals surface area contributed by atoms with Gasteiger partial charge in [0.05, 0.1) is 6.10 Å². The van der Waals surface area contributed by atoms with Crippen LogP contribution in [-0.2, 0) is 9.53 Å². The molecule has 0 aromatic carbocycles. The number of rotatable bonds is 5. The zero-order chi connectivity index (χ0) is 11.2. The monoisotopic (exact) mass is 214 g/mol. The number of carbonyl (C=O) groups is 1. The Balaban J connectivity index is 3.56. The van der Waals surface area contributed by atoms with Gasteiger partial charge in [0.15, 0.2) is 0 Å². The molecule has 3 N–H and O–H groups in total. The third-order valence-electron chi connectivity index (χ3n) is 1.47. The number of carbonyl (C=O) groups excluding carboxylic acids is 1. The average Bonchev–Trinajstić information content (AvgIpc) is 2.09. The largest absolute Gasteiger partial charge is 0.411 e. The second-order valence-corrected chi connectivity index (χ2v) is 2.84. The zero-order valence-corrected chi connectivity index (χ0v) is 7.73. The van der Waals surface area contributed by atoms with Gasteiger partial charge in [-0.15, -0.1) is 0 Å². The van der Waals surface area contributed by atoms with E-state index in [0.717, 1.165) is 0 Å². The van der Waals surface area contributed by atoms with E-state index in [9.17, 15) is 18.0 Å². The summed E-state index contributed by atoms with van der Waals surface area (Å²) in [6.45, 7) is 0.175. The van der Waals surface area contributed by atoms with Gasteiger partial charge in [0, 0.05) is 6.42 Å². The second-order valence-electron chi connectivity index (χ2n) is 2.84. The lowest BCUT2D eigenvalue weighted by atomic mass is 10.2. The molecule has 0 aromatic rings. The molecule has 1 atom stereocenters. The fourth-order valence-electron chi connectivity index (χ4n) is 0.727. The summed E-state index contributed by atoms with van der Waals surface area (Å²) in [6.07, 6.45) is -4.69. The van der Waals surface area contributed by atoms with Crippen LogP contribution in [0.2, 0.25) is 0 Å². The first-order valence-electron chi connectivity index (χ1n) is 4.03. The molecule has 84 valence electrons. The van der Waals surface area contributed by atoms with Crippen molar-refractivity contribution in [2.24, 2.45) is 5.84 Å². The third-order valence-corrected chi connectivity index (χ3v) is 1.47. The number of ether oxygens (including phenoxy) is 1. The van der Waals surface area contributed by atoms with Gasteiger partial charge in [0.2, 0.25) is 5.91 Å². The normalized spacial score (nSPS) is 13.8. The lowest BCUT2D eigenvalue weighted by Gasteiger charge is -2.13. The molecule has 0 aliphatic heterocycles. The lowest BCUT2D eigenvalue weighted by Crippen LogP contribution is -2.31. The summed E-state index contributed by atoms with van der Waals surface area (Å²) in [4.78, 5) is 10.6. The average molecular weight is 214 g/mol. The highest BCUT2D eigenvalue weighted by Crippen LogP contribution is 2.16. The molecule has 0 fully saturated rings. The molecule has 1 unspecified atom stereocenters. The molecule has 0 rings (SSSR count). The van der Waals surface area contributed by atoms with Gasteiger partial charge < -0.3 is 4.74 Å². The Morgan fingerprint density at radius 1 is 1.57 bits per heavy atom. The number of nitrogens with two attached hydrogens (primary N) is 1. The Morgan fingerprint density at radius 3 is 2.57 bits per heavy atom. The van der Waals surface area contributed by atoms with Crippen LogP contribution in [0.15, 0.2) is 0 Å². The number of hydrazine groups is 1. The maximum absolute atomic E-state index is 11.7. The van der Waals surface area contributed by atoms with Crippen LogP contribution < -0.4 is 11.3 Å². The maximum atomic E-state index is 11.7. The standard InChI is InChI=1S/C7H13F3N2O2/c1-5(2-3-6(13)12-11)14-4-7(8,9)10/h5H,2-4,11H2,1H3,(H,12,13). The van der Waals surface area contributed by atoms with Crippen molar-refractivity contribution in [3.8, 4) is 0 Å². The van der Waals surface area contributed by atoms with E-state index < -0.39 is 24.8 Å². The van der Waals surface area contributed by atoms with Crippen molar-refractivity contribution < 1.29 is 22.7 Å². The predicted molar refractivity (Wildman–Crippen MR) is 43.0 cm³/mol. The summed E-state index contributed by atoms with van der Waals surface area (Å²) in [5.74, 6) is 4.36. The van der Waals surface area contributed by atoms with Crippen molar-refractivity contribution in [1.82, 2.24) is 5.43 Å². The molecular formula is C7H13F3N2O2. The summed E-state index contributed by atoms with van der Waals surface area (Å²) < 4.78 is 39.4. The minimum absolute atomic E-state index is 0.0511. The van der Waals surface area contributed by atoms with Crippen LogP contribution in [0.3, 0.4) is 0 Å². The van der Waals surface area contributed by atoms with Gasteiger partial charge in [-0.1, -0.05) is 0 Å². The van der Waals surface area contributed by atoms with E-state index in [2.05, 4.69) is 4.74 Å². The Hall–Kier alpha value is -0.820. The Kier molecular flexibility index (Phi) is 5.47. The summed E-state index contributed by atoms with van der Waals surface area (Å²) >= 11 is 0. The van der Waals surface area contributed by atoms with Crippen LogP contribution in [0.1, 0.15) is 19.8 Å². The summed E-state index contributed by atoms with van der Waals surface area (Å²) in [5.41, 5.74) is 1.88. The van der Waals surface area contributed by atoms with E-state index in [1.807, 2.05) is 5.43 Å². The smallest absolute Gasteiger partial charge is 0.369 e. The molecule has 4 nitrogen and oxygen atoms in total. The van der Waals surface area contributed by atoms with Crippen molar-refractivity contribution in [3.63, 3.8) is 0 Å². The molecule has 0 bridgehead atoms. The molecule has 0 heterocycles. The van der Waals surface area contributed by atoms with Gasteiger partial charge in [0.1, 0.15) is 6.61 Å². The number of amides is 1. The number of hydrogen-bond donors (Lipinski definition) is 2. The van der Waals surface area contributed by atoms with Crippen molar-refractivity contribution in [2.75, 3.05) is 6.61 Å². The first kappa shape index (κ1) is 13.2. The number of nitrogens with one attached hydrogen (secondary N) is 1. The summed E-state index contributed by atoms with van der Waals surface area (Å²) in [5, 5.41) is 0. The van der Waals surface area contributed by atoms with Crippen LogP contribution in [0.4, 0.5) is 13.2 Å². The van der Waals surface area contributed by atoms with Gasteiger partial charge in [-0.05, 0) is 13.3 Å². The summed E-state index contributed by atoms with van der Waals surface area (Å²) in [7, 11) is 0. The van der Waals surface area contributed by atoms with Crippen molar-refractivity contribution in [1.29, 1.82) is 0 Å². The molecule has 7 heteroatoms. The highest BCUT2D eigenvalue weighted by Gasteiger charge is 2.28. The Bertz CT molecular complexity index is 184. The van der Waals surface area contributed by atoms with Gasteiger partial charge in [-0.2, -0.15) is 13.2 Å². The Labute approximate surface area is 79.6 Å². The third kappa shape index (κ3) is 7.81.